The Bertz CT molecular complexity index is 685. The predicted octanol–water partition coefficient (Wildman–Crippen LogP) is 2.73. The molecule has 2 aromatic heterocycles. The quantitative estimate of drug-likeness (QED) is 0.540. The lowest BCUT2D eigenvalue weighted by Crippen LogP contribution is -1.86. The number of nitrogens with zero attached hydrogens (tertiary/aromatic N) is 2. The molecule has 0 amide bonds. The van der Waals surface area contributed by atoms with E-state index >= 15 is 0 Å². The number of hydrogen-bond acceptors (Lipinski definition) is 4. The van der Waals surface area contributed by atoms with Gasteiger partial charge in [0.2, 0.25) is 0 Å². The number of aromatic amines is 1. The van der Waals surface area contributed by atoms with Gasteiger partial charge < -0.3 is 4.42 Å². The van der Waals surface area contributed by atoms with Crippen LogP contribution in [0.1, 0.15) is 0 Å². The molecule has 0 aliphatic heterocycles. The van der Waals surface area contributed by atoms with E-state index in [-0.39, 0.29) is 5.69 Å². The van der Waals surface area contributed by atoms with E-state index in [1.54, 1.807) is 18.2 Å². The highest BCUT2D eigenvalue weighted by Crippen LogP contribution is 2.29. The molecule has 0 saturated carbocycles. The summed E-state index contributed by atoms with van der Waals surface area (Å²) in [7, 11) is 0. The summed E-state index contributed by atoms with van der Waals surface area (Å²) < 4.78 is 5.23. The molecule has 0 unspecified atom stereocenters. The van der Waals surface area contributed by atoms with Crippen molar-refractivity contribution in [1.82, 2.24) is 10.2 Å². The predicted molar refractivity (Wildman–Crippen MR) is 60.5 cm³/mol. The van der Waals surface area contributed by atoms with Crippen LogP contribution in [0.4, 0.5) is 5.69 Å². The topological polar surface area (TPSA) is 85.0 Å². The van der Waals surface area contributed by atoms with E-state index in [1.807, 2.05) is 0 Å². The molecule has 3 aromatic rings. The van der Waals surface area contributed by atoms with Crippen LogP contribution in [-0.2, 0) is 0 Å². The maximum Gasteiger partial charge on any atom is 0.270 e. The Hall–Kier alpha value is -2.63. The maximum atomic E-state index is 10.7. The summed E-state index contributed by atoms with van der Waals surface area (Å²) in [5.74, 6) is 0.580. The summed E-state index contributed by atoms with van der Waals surface area (Å²) in [6.07, 6.45) is 1.53. The van der Waals surface area contributed by atoms with Crippen molar-refractivity contribution >= 4 is 16.6 Å². The van der Waals surface area contributed by atoms with Gasteiger partial charge in [0.25, 0.3) is 5.69 Å². The molecule has 84 valence electrons. The third kappa shape index (κ3) is 1.46. The smallest absolute Gasteiger partial charge is 0.270 e. The molecule has 3 rings (SSSR count). The first-order valence-corrected chi connectivity index (χ1v) is 4.92. The summed E-state index contributed by atoms with van der Waals surface area (Å²) in [5.41, 5.74) is 1.35. The number of nitro benzene ring substituents is 1. The fourth-order valence-corrected chi connectivity index (χ4v) is 1.72. The molecule has 17 heavy (non-hydrogen) atoms. The van der Waals surface area contributed by atoms with E-state index in [9.17, 15) is 10.1 Å². The molecule has 0 aliphatic rings. The lowest BCUT2D eigenvalue weighted by atomic mass is 10.1. The Morgan fingerprint density at radius 3 is 2.94 bits per heavy atom. The van der Waals surface area contributed by atoms with Gasteiger partial charge in [0.15, 0.2) is 5.76 Å². The van der Waals surface area contributed by atoms with Gasteiger partial charge >= 0.3 is 0 Å². The molecule has 0 fully saturated rings. The van der Waals surface area contributed by atoms with Gasteiger partial charge in [-0.1, -0.05) is 0 Å². The highest BCUT2D eigenvalue weighted by atomic mass is 16.6. The Balaban J connectivity index is 2.26. The molecule has 0 radical (unpaired) electrons. The molecule has 6 heteroatoms. The van der Waals surface area contributed by atoms with Gasteiger partial charge in [0, 0.05) is 17.5 Å². The fraction of sp³-hybridized carbons (Fsp3) is 0. The van der Waals surface area contributed by atoms with Crippen molar-refractivity contribution in [3.05, 3.63) is 46.7 Å². The molecule has 0 aliphatic carbocycles. The lowest BCUT2D eigenvalue weighted by molar-refractivity contribution is -0.384. The van der Waals surface area contributed by atoms with Crippen LogP contribution in [0.2, 0.25) is 0 Å². The van der Waals surface area contributed by atoms with E-state index in [2.05, 4.69) is 10.2 Å². The van der Waals surface area contributed by atoms with Crippen molar-refractivity contribution in [3.8, 4) is 11.5 Å². The molecule has 0 spiro atoms. The summed E-state index contributed by atoms with van der Waals surface area (Å²) in [6.45, 7) is 0. The maximum absolute atomic E-state index is 10.7. The van der Waals surface area contributed by atoms with E-state index in [0.717, 1.165) is 5.52 Å². The number of rotatable bonds is 2. The highest BCUT2D eigenvalue weighted by molar-refractivity contribution is 5.92. The molecule has 1 N–H and O–H groups in total. The number of hydrogen-bond donors (Lipinski definition) is 1. The fourth-order valence-electron chi connectivity index (χ4n) is 1.72. The molecular formula is C11H7N3O3. The Kier molecular flexibility index (Phi) is 1.94. The Morgan fingerprint density at radius 2 is 2.24 bits per heavy atom. The van der Waals surface area contributed by atoms with Crippen LogP contribution >= 0.6 is 0 Å². The van der Waals surface area contributed by atoms with Gasteiger partial charge in [-0.15, -0.1) is 0 Å². The minimum Gasteiger partial charge on any atom is -0.463 e. The zero-order chi connectivity index (χ0) is 11.8. The van der Waals surface area contributed by atoms with Gasteiger partial charge in [0.1, 0.15) is 5.69 Å². The number of fused-ring (bicyclic) bond motifs is 1. The molecular weight excluding hydrogens is 222 g/mol. The number of non-ortho nitro benzene ring substituents is 1. The second kappa shape index (κ2) is 3.44. The molecule has 0 saturated heterocycles. The SMILES string of the molecule is O=[N+]([O-])c1ccc2[nH]nc(-c3ccco3)c2c1. The first-order chi connectivity index (χ1) is 8.25. The monoisotopic (exact) mass is 229 g/mol. The minimum atomic E-state index is -0.432. The van der Waals surface area contributed by atoms with Crippen LogP contribution in [0.3, 0.4) is 0 Å². The third-order valence-electron chi connectivity index (χ3n) is 2.51. The summed E-state index contributed by atoms with van der Waals surface area (Å²) >= 11 is 0. The first kappa shape index (κ1) is 9.59. The third-order valence-corrected chi connectivity index (χ3v) is 2.51. The number of aromatic nitrogens is 2. The van der Waals surface area contributed by atoms with Crippen LogP contribution < -0.4 is 0 Å². The second-order valence-electron chi connectivity index (χ2n) is 3.54. The van der Waals surface area contributed by atoms with E-state index in [1.165, 1.54) is 18.4 Å². The van der Waals surface area contributed by atoms with Gasteiger partial charge in [0.05, 0.1) is 16.7 Å². The van der Waals surface area contributed by atoms with Crippen molar-refractivity contribution < 1.29 is 9.34 Å². The summed E-state index contributed by atoms with van der Waals surface area (Å²) in [5, 5.41) is 18.3. The van der Waals surface area contributed by atoms with Crippen LogP contribution in [0, 0.1) is 10.1 Å². The summed E-state index contributed by atoms with van der Waals surface area (Å²) in [4.78, 5) is 10.3. The Labute approximate surface area is 95.0 Å². The van der Waals surface area contributed by atoms with Gasteiger partial charge in [-0.2, -0.15) is 5.10 Å². The van der Waals surface area contributed by atoms with E-state index < -0.39 is 4.92 Å². The molecule has 6 nitrogen and oxygen atoms in total. The largest absolute Gasteiger partial charge is 0.463 e. The average molecular weight is 229 g/mol. The average Bonchev–Trinajstić information content (AvgIpc) is 2.96. The van der Waals surface area contributed by atoms with Crippen molar-refractivity contribution in [1.29, 1.82) is 0 Å². The number of benzene rings is 1. The number of nitro groups is 1. The first-order valence-electron chi connectivity index (χ1n) is 4.92. The zero-order valence-corrected chi connectivity index (χ0v) is 8.58. The van der Waals surface area contributed by atoms with Crippen LogP contribution in [0.5, 0.6) is 0 Å². The van der Waals surface area contributed by atoms with E-state index in [4.69, 9.17) is 4.42 Å². The van der Waals surface area contributed by atoms with Crippen molar-refractivity contribution in [2.45, 2.75) is 0 Å². The standard InChI is InChI=1S/C11H7N3O3/c15-14(16)7-3-4-9-8(6-7)11(13-12-9)10-2-1-5-17-10/h1-6H,(H,12,13). The zero-order valence-electron chi connectivity index (χ0n) is 8.58. The summed E-state index contributed by atoms with van der Waals surface area (Å²) in [6, 6.07) is 8.05. The van der Waals surface area contributed by atoms with Crippen molar-refractivity contribution in [2.24, 2.45) is 0 Å². The van der Waals surface area contributed by atoms with Crippen molar-refractivity contribution in [3.63, 3.8) is 0 Å². The van der Waals surface area contributed by atoms with Crippen LogP contribution in [-0.4, -0.2) is 15.1 Å². The van der Waals surface area contributed by atoms with Gasteiger partial charge in [-0.25, -0.2) is 0 Å². The van der Waals surface area contributed by atoms with Gasteiger partial charge in [-0.3, -0.25) is 15.2 Å². The number of H-pyrrole nitrogens is 1. The minimum absolute atomic E-state index is 0.0340. The van der Waals surface area contributed by atoms with Gasteiger partial charge in [-0.05, 0) is 18.2 Å². The Morgan fingerprint density at radius 1 is 1.35 bits per heavy atom. The highest BCUT2D eigenvalue weighted by Gasteiger charge is 2.14. The molecule has 0 atom stereocenters. The van der Waals surface area contributed by atoms with Crippen LogP contribution in [0.25, 0.3) is 22.4 Å². The number of furan rings is 1. The normalized spacial score (nSPS) is 10.8. The molecule has 0 bridgehead atoms. The second-order valence-corrected chi connectivity index (χ2v) is 3.54. The lowest BCUT2D eigenvalue weighted by Gasteiger charge is -1.93. The molecule has 1 aromatic carbocycles. The molecule has 2 heterocycles. The number of nitrogens with one attached hydrogen (secondary N) is 1. The van der Waals surface area contributed by atoms with Crippen LogP contribution in [0.15, 0.2) is 41.0 Å². The van der Waals surface area contributed by atoms with Crippen molar-refractivity contribution in [2.75, 3.05) is 0 Å². The van der Waals surface area contributed by atoms with E-state index in [0.29, 0.717) is 16.8 Å².